The van der Waals surface area contributed by atoms with Crippen LogP contribution in [0.25, 0.3) is 10.2 Å². The number of fused-ring (bicyclic) bond motifs is 1. The number of thiophene rings is 1. The summed E-state index contributed by atoms with van der Waals surface area (Å²) in [6.07, 6.45) is 1.83. The van der Waals surface area contributed by atoms with Gasteiger partial charge in [0, 0.05) is 12.1 Å². The fraction of sp³-hybridized carbons (Fsp3) is 0.318. The number of amides is 1. The highest BCUT2D eigenvalue weighted by molar-refractivity contribution is 7.98. The van der Waals surface area contributed by atoms with Crippen molar-refractivity contribution in [3.63, 3.8) is 0 Å². The molecule has 0 saturated heterocycles. The Bertz CT molecular complexity index is 1350. The molecule has 0 aliphatic heterocycles. The molecule has 3 N–H and O–H groups in total. The van der Waals surface area contributed by atoms with E-state index in [1.165, 1.54) is 23.1 Å². The summed E-state index contributed by atoms with van der Waals surface area (Å²) in [5, 5.41) is 11.1. The van der Waals surface area contributed by atoms with Crippen molar-refractivity contribution in [1.29, 1.82) is 0 Å². The van der Waals surface area contributed by atoms with Crippen molar-refractivity contribution in [3.05, 3.63) is 61.8 Å². The molecule has 0 fully saturated rings. The Morgan fingerprint density at radius 2 is 2.00 bits per heavy atom. The van der Waals surface area contributed by atoms with Crippen molar-refractivity contribution in [3.8, 4) is 0 Å². The number of anilines is 1. The van der Waals surface area contributed by atoms with E-state index in [0.717, 1.165) is 35.5 Å². The van der Waals surface area contributed by atoms with Gasteiger partial charge in [-0.05, 0) is 44.4 Å². The topological polar surface area (TPSA) is 116 Å². The van der Waals surface area contributed by atoms with E-state index in [0.29, 0.717) is 37.4 Å². The molecule has 10 heteroatoms. The predicted molar refractivity (Wildman–Crippen MR) is 129 cm³/mol. The second-order valence-electron chi connectivity index (χ2n) is 7.62. The minimum absolute atomic E-state index is 0.239. The van der Waals surface area contributed by atoms with Gasteiger partial charge in [-0.25, -0.2) is 9.97 Å². The van der Waals surface area contributed by atoms with Gasteiger partial charge < -0.3 is 10.3 Å². The van der Waals surface area contributed by atoms with E-state index in [1.54, 1.807) is 6.92 Å². The van der Waals surface area contributed by atoms with Gasteiger partial charge in [0.15, 0.2) is 0 Å². The van der Waals surface area contributed by atoms with Crippen LogP contribution >= 0.6 is 23.1 Å². The number of nitrogens with zero attached hydrogens (tertiary/aromatic N) is 3. The monoisotopic (exact) mass is 468 g/mol. The van der Waals surface area contributed by atoms with Gasteiger partial charge in [-0.15, -0.1) is 16.4 Å². The largest absolute Gasteiger partial charge is 0.321 e. The number of benzene rings is 1. The lowest BCUT2D eigenvalue weighted by molar-refractivity contribution is 0.103. The lowest BCUT2D eigenvalue weighted by atomic mass is 10.1. The average Bonchev–Trinajstić information content (AvgIpc) is 3.33. The van der Waals surface area contributed by atoms with Crippen molar-refractivity contribution in [2.45, 2.75) is 51.4 Å². The van der Waals surface area contributed by atoms with Crippen LogP contribution < -0.4 is 10.9 Å². The van der Waals surface area contributed by atoms with E-state index < -0.39 is 0 Å². The molecule has 4 aromatic rings. The summed E-state index contributed by atoms with van der Waals surface area (Å²) in [5.41, 5.74) is 3.27. The van der Waals surface area contributed by atoms with E-state index in [9.17, 15) is 9.59 Å². The molecule has 8 nitrogen and oxygen atoms in total. The minimum Gasteiger partial charge on any atom is -0.321 e. The van der Waals surface area contributed by atoms with Crippen LogP contribution in [0.1, 0.15) is 51.4 Å². The van der Waals surface area contributed by atoms with E-state index in [4.69, 9.17) is 0 Å². The Kier molecular flexibility index (Phi) is 6.43. The number of thioether (sulfide) groups is 1. The number of nitrogens with one attached hydrogen (secondary N) is 3. The van der Waals surface area contributed by atoms with E-state index in [2.05, 4.69) is 37.4 Å². The first-order chi connectivity index (χ1) is 15.4. The first-order valence-corrected chi connectivity index (χ1v) is 12.1. The molecule has 0 spiro atoms. The maximum atomic E-state index is 12.9. The number of aromatic nitrogens is 5. The Morgan fingerprint density at radius 1 is 1.19 bits per heavy atom. The molecule has 0 radical (unpaired) electrons. The Labute approximate surface area is 193 Å². The predicted octanol–water partition coefficient (Wildman–Crippen LogP) is 4.53. The van der Waals surface area contributed by atoms with Gasteiger partial charge in [-0.3, -0.25) is 14.7 Å². The van der Waals surface area contributed by atoms with Crippen LogP contribution in [0.3, 0.4) is 0 Å². The fourth-order valence-electron chi connectivity index (χ4n) is 3.43. The smallest absolute Gasteiger partial charge is 0.266 e. The van der Waals surface area contributed by atoms with Crippen LogP contribution in [0.5, 0.6) is 0 Å². The van der Waals surface area contributed by atoms with Crippen molar-refractivity contribution in [2.75, 3.05) is 5.32 Å². The summed E-state index contributed by atoms with van der Waals surface area (Å²) in [4.78, 5) is 38.6. The summed E-state index contributed by atoms with van der Waals surface area (Å²) in [6.45, 7) is 7.83. The highest BCUT2D eigenvalue weighted by Crippen LogP contribution is 2.29. The number of carbonyl (C=O) groups excluding carboxylic acids is 1. The van der Waals surface area contributed by atoms with Crippen molar-refractivity contribution >= 4 is 44.9 Å². The summed E-state index contributed by atoms with van der Waals surface area (Å²) in [6, 6.07) is 5.86. The quantitative estimate of drug-likeness (QED) is 0.343. The molecule has 0 atom stereocenters. The third kappa shape index (κ3) is 4.61. The molecule has 3 heterocycles. The third-order valence-corrected chi connectivity index (χ3v) is 7.06. The van der Waals surface area contributed by atoms with Gasteiger partial charge in [0.2, 0.25) is 5.16 Å². The standard InChI is InChI=1S/C22H24N6O2S2/c1-5-6-15-26-22(28-27-15)31-10-16-24-19(29)17-13(4)18(32-21(17)25-16)20(30)23-14-8-7-11(2)9-12(14)3/h7-9H,5-6,10H2,1-4H3,(H,23,30)(H,24,25,29)(H,26,27,28). The van der Waals surface area contributed by atoms with Gasteiger partial charge in [0.05, 0.1) is 16.0 Å². The number of carbonyl (C=O) groups is 1. The Hall–Kier alpha value is -2.98. The lowest BCUT2D eigenvalue weighted by Gasteiger charge is -2.08. The van der Waals surface area contributed by atoms with Gasteiger partial charge in [-0.2, -0.15) is 0 Å². The van der Waals surface area contributed by atoms with Gasteiger partial charge in [0.1, 0.15) is 16.5 Å². The van der Waals surface area contributed by atoms with Crippen LogP contribution in [0.15, 0.2) is 28.2 Å². The molecule has 3 aromatic heterocycles. The second kappa shape index (κ2) is 9.25. The Morgan fingerprint density at radius 3 is 2.75 bits per heavy atom. The molecular formula is C22H24N6O2S2. The van der Waals surface area contributed by atoms with Crippen LogP contribution in [0, 0.1) is 20.8 Å². The van der Waals surface area contributed by atoms with Gasteiger partial charge >= 0.3 is 0 Å². The first kappa shape index (κ1) is 22.2. The number of hydrogen-bond acceptors (Lipinski definition) is 7. The summed E-state index contributed by atoms with van der Waals surface area (Å²) in [5.74, 6) is 1.56. The highest BCUT2D eigenvalue weighted by Gasteiger charge is 2.20. The van der Waals surface area contributed by atoms with E-state index in [1.807, 2.05) is 32.0 Å². The van der Waals surface area contributed by atoms with Crippen LogP contribution in [-0.4, -0.2) is 31.1 Å². The summed E-state index contributed by atoms with van der Waals surface area (Å²) in [7, 11) is 0. The first-order valence-electron chi connectivity index (χ1n) is 10.3. The Balaban J connectivity index is 1.56. The molecule has 4 rings (SSSR count). The average molecular weight is 469 g/mol. The summed E-state index contributed by atoms with van der Waals surface area (Å²) < 4.78 is 0. The number of rotatable bonds is 7. The van der Waals surface area contributed by atoms with E-state index in [-0.39, 0.29) is 11.5 Å². The SMILES string of the molecule is CCCc1nc(SCc2nc3sc(C(=O)Nc4ccc(C)cc4C)c(C)c3c(=O)[nH]2)n[nH]1. The molecule has 0 aliphatic rings. The number of H-pyrrole nitrogens is 2. The molecule has 0 unspecified atom stereocenters. The molecule has 1 amide bonds. The number of hydrogen-bond donors (Lipinski definition) is 3. The highest BCUT2D eigenvalue weighted by atomic mass is 32.2. The van der Waals surface area contributed by atoms with Gasteiger partial charge in [-0.1, -0.05) is 36.4 Å². The van der Waals surface area contributed by atoms with E-state index >= 15 is 0 Å². The van der Waals surface area contributed by atoms with Crippen LogP contribution in [0.4, 0.5) is 5.69 Å². The molecule has 0 bridgehead atoms. The molecule has 1 aromatic carbocycles. The number of aromatic amines is 2. The van der Waals surface area contributed by atoms with Crippen molar-refractivity contribution in [2.24, 2.45) is 0 Å². The molecule has 32 heavy (non-hydrogen) atoms. The fourth-order valence-corrected chi connectivity index (χ4v) is 5.21. The normalized spacial score (nSPS) is 11.2. The molecule has 0 aliphatic carbocycles. The molecule has 166 valence electrons. The minimum atomic E-state index is -0.244. The second-order valence-corrected chi connectivity index (χ2v) is 9.57. The zero-order valence-corrected chi connectivity index (χ0v) is 20.0. The molecular weight excluding hydrogens is 444 g/mol. The molecule has 0 saturated carbocycles. The van der Waals surface area contributed by atoms with Crippen molar-refractivity contribution < 1.29 is 4.79 Å². The zero-order chi connectivity index (χ0) is 22.8. The number of aryl methyl sites for hydroxylation is 4. The third-order valence-electron chi connectivity index (χ3n) is 5.02. The maximum Gasteiger partial charge on any atom is 0.266 e. The summed E-state index contributed by atoms with van der Waals surface area (Å²) >= 11 is 2.63. The zero-order valence-electron chi connectivity index (χ0n) is 18.3. The van der Waals surface area contributed by atoms with Crippen LogP contribution in [-0.2, 0) is 12.2 Å². The van der Waals surface area contributed by atoms with Gasteiger partial charge in [0.25, 0.3) is 11.5 Å². The lowest BCUT2D eigenvalue weighted by Crippen LogP contribution is -2.13. The van der Waals surface area contributed by atoms with Crippen molar-refractivity contribution in [1.82, 2.24) is 25.1 Å². The maximum absolute atomic E-state index is 12.9. The van der Waals surface area contributed by atoms with Crippen LogP contribution in [0.2, 0.25) is 0 Å².